The van der Waals surface area contributed by atoms with Crippen LogP contribution in [-0.2, 0) is 19.1 Å². The Morgan fingerprint density at radius 1 is 0.963 bits per heavy atom. The van der Waals surface area contributed by atoms with Gasteiger partial charge in [0, 0.05) is 11.1 Å². The van der Waals surface area contributed by atoms with Crippen molar-refractivity contribution in [3.63, 3.8) is 0 Å². The highest BCUT2D eigenvalue weighted by Gasteiger charge is 2.28. The highest BCUT2D eigenvalue weighted by Crippen LogP contribution is 2.23. The van der Waals surface area contributed by atoms with Crippen molar-refractivity contribution in [2.45, 2.75) is 26.4 Å². The number of aliphatic carboxylic acids is 1. The van der Waals surface area contributed by atoms with Gasteiger partial charge in [0.15, 0.2) is 0 Å². The second kappa shape index (κ2) is 8.80. The zero-order valence-corrected chi connectivity index (χ0v) is 15.1. The van der Waals surface area contributed by atoms with Gasteiger partial charge in [0.25, 0.3) is 0 Å². The Bertz CT molecular complexity index is 849. The minimum absolute atomic E-state index is 0.261. The third-order valence-electron chi connectivity index (χ3n) is 3.71. The van der Waals surface area contributed by atoms with Crippen LogP contribution in [0.1, 0.15) is 29.2 Å². The molecule has 0 fully saturated rings. The predicted octanol–water partition coefficient (Wildman–Crippen LogP) is 3.52. The van der Waals surface area contributed by atoms with Gasteiger partial charge in [0.2, 0.25) is 6.10 Å². The van der Waals surface area contributed by atoms with Crippen LogP contribution in [0.5, 0.6) is 5.75 Å². The number of benzene rings is 2. The van der Waals surface area contributed by atoms with E-state index in [9.17, 15) is 14.4 Å². The molecule has 1 atom stereocenters. The molecule has 6 heteroatoms. The van der Waals surface area contributed by atoms with Crippen LogP contribution in [0.15, 0.2) is 60.7 Å². The van der Waals surface area contributed by atoms with Crippen molar-refractivity contribution in [1.29, 1.82) is 0 Å². The maximum absolute atomic E-state index is 12.6. The lowest BCUT2D eigenvalue weighted by Gasteiger charge is -2.18. The number of ether oxygens (including phenoxy) is 2. The summed E-state index contributed by atoms with van der Waals surface area (Å²) in [6, 6.07) is 13.6. The fourth-order valence-corrected chi connectivity index (χ4v) is 2.21. The standard InChI is InChI=1S/C21H20O6/c1-13-4-8-16(9-5-13)19(27-20(24)15(3)12-18(22)23)21(25)26-17-10-6-14(2)7-11-17/h4-11,19H,3,12H2,1-2H3,(H,22,23). The molecule has 2 aromatic carbocycles. The topological polar surface area (TPSA) is 89.9 Å². The summed E-state index contributed by atoms with van der Waals surface area (Å²) in [6.45, 7) is 7.18. The van der Waals surface area contributed by atoms with Crippen LogP contribution >= 0.6 is 0 Å². The number of carbonyl (C=O) groups is 3. The molecule has 1 N–H and O–H groups in total. The number of carbonyl (C=O) groups excluding carboxylic acids is 2. The van der Waals surface area contributed by atoms with Crippen LogP contribution in [0.2, 0.25) is 0 Å². The smallest absolute Gasteiger partial charge is 0.357 e. The number of carboxylic acids is 1. The fraction of sp³-hybridized carbons (Fsp3) is 0.190. The van der Waals surface area contributed by atoms with E-state index in [0.29, 0.717) is 11.3 Å². The van der Waals surface area contributed by atoms with Crippen molar-refractivity contribution in [3.8, 4) is 5.75 Å². The van der Waals surface area contributed by atoms with E-state index in [1.54, 1.807) is 48.5 Å². The zero-order chi connectivity index (χ0) is 20.0. The summed E-state index contributed by atoms with van der Waals surface area (Å²) in [5.74, 6) is -2.67. The van der Waals surface area contributed by atoms with E-state index in [2.05, 4.69) is 6.58 Å². The Morgan fingerprint density at radius 2 is 1.48 bits per heavy atom. The predicted molar refractivity (Wildman–Crippen MR) is 98.2 cm³/mol. The van der Waals surface area contributed by atoms with E-state index in [1.807, 2.05) is 13.8 Å². The summed E-state index contributed by atoms with van der Waals surface area (Å²) in [5, 5.41) is 8.78. The molecule has 2 aromatic rings. The largest absolute Gasteiger partial charge is 0.481 e. The maximum atomic E-state index is 12.6. The number of carboxylic acid groups (broad SMARTS) is 1. The molecule has 0 spiro atoms. The molecule has 0 saturated heterocycles. The van der Waals surface area contributed by atoms with Crippen LogP contribution < -0.4 is 4.74 Å². The molecule has 2 rings (SSSR count). The Morgan fingerprint density at radius 3 is 2.00 bits per heavy atom. The molecular weight excluding hydrogens is 348 g/mol. The number of aryl methyl sites for hydroxylation is 2. The molecule has 0 aliphatic carbocycles. The summed E-state index contributed by atoms with van der Waals surface area (Å²) in [5.41, 5.74) is 2.12. The second-order valence-corrected chi connectivity index (χ2v) is 6.10. The molecule has 0 radical (unpaired) electrons. The summed E-state index contributed by atoms with van der Waals surface area (Å²) >= 11 is 0. The third kappa shape index (κ3) is 5.81. The van der Waals surface area contributed by atoms with Crippen LogP contribution in [0.4, 0.5) is 0 Å². The van der Waals surface area contributed by atoms with Gasteiger partial charge in [-0.25, -0.2) is 9.59 Å². The average Bonchev–Trinajstić information content (AvgIpc) is 2.61. The summed E-state index contributed by atoms with van der Waals surface area (Å²) < 4.78 is 10.5. The first-order valence-electron chi connectivity index (χ1n) is 8.21. The Labute approximate surface area is 157 Å². The Hall–Kier alpha value is -3.41. The van der Waals surface area contributed by atoms with Crippen LogP contribution in [0.25, 0.3) is 0 Å². The molecule has 0 amide bonds. The molecule has 0 aromatic heterocycles. The molecule has 0 bridgehead atoms. The molecular formula is C21H20O6. The van der Waals surface area contributed by atoms with Crippen LogP contribution in [0.3, 0.4) is 0 Å². The molecule has 0 aliphatic heterocycles. The highest BCUT2D eigenvalue weighted by molar-refractivity contribution is 5.94. The average molecular weight is 368 g/mol. The van der Waals surface area contributed by atoms with E-state index >= 15 is 0 Å². The first-order chi connectivity index (χ1) is 12.8. The second-order valence-electron chi connectivity index (χ2n) is 6.10. The normalized spacial score (nSPS) is 11.3. The number of hydrogen-bond donors (Lipinski definition) is 1. The monoisotopic (exact) mass is 368 g/mol. The van der Waals surface area contributed by atoms with Crippen molar-refractivity contribution >= 4 is 17.9 Å². The summed E-state index contributed by atoms with van der Waals surface area (Å²) in [6.07, 6.45) is -1.92. The molecule has 27 heavy (non-hydrogen) atoms. The van der Waals surface area contributed by atoms with Gasteiger partial charge in [0.1, 0.15) is 5.75 Å². The van der Waals surface area contributed by atoms with E-state index in [4.69, 9.17) is 14.6 Å². The van der Waals surface area contributed by atoms with Gasteiger partial charge in [-0.3, -0.25) is 4.79 Å². The van der Waals surface area contributed by atoms with Crippen LogP contribution in [0, 0.1) is 13.8 Å². The summed E-state index contributed by atoms with van der Waals surface area (Å²) in [4.78, 5) is 35.5. The lowest BCUT2D eigenvalue weighted by Crippen LogP contribution is -2.25. The number of esters is 2. The molecule has 0 saturated carbocycles. The minimum atomic E-state index is -1.34. The zero-order valence-electron chi connectivity index (χ0n) is 15.1. The van der Waals surface area contributed by atoms with Gasteiger partial charge in [0.05, 0.1) is 6.42 Å². The van der Waals surface area contributed by atoms with Crippen molar-refractivity contribution in [1.82, 2.24) is 0 Å². The van der Waals surface area contributed by atoms with Gasteiger partial charge in [-0.05, 0) is 26.0 Å². The molecule has 0 aliphatic rings. The van der Waals surface area contributed by atoms with Gasteiger partial charge >= 0.3 is 17.9 Å². The Kier molecular flexibility index (Phi) is 6.49. The summed E-state index contributed by atoms with van der Waals surface area (Å²) in [7, 11) is 0. The molecule has 6 nitrogen and oxygen atoms in total. The van der Waals surface area contributed by atoms with Gasteiger partial charge < -0.3 is 14.6 Å². The lowest BCUT2D eigenvalue weighted by molar-refractivity contribution is -0.160. The van der Waals surface area contributed by atoms with E-state index in [1.165, 1.54) is 0 Å². The Balaban J connectivity index is 2.23. The van der Waals surface area contributed by atoms with Crippen LogP contribution in [-0.4, -0.2) is 23.0 Å². The number of hydrogen-bond acceptors (Lipinski definition) is 5. The van der Waals surface area contributed by atoms with E-state index in [-0.39, 0.29) is 5.57 Å². The maximum Gasteiger partial charge on any atom is 0.357 e. The van der Waals surface area contributed by atoms with Crippen molar-refractivity contribution in [3.05, 3.63) is 77.4 Å². The SMILES string of the molecule is C=C(CC(=O)O)C(=O)OC(C(=O)Oc1ccc(C)cc1)c1ccc(C)cc1. The van der Waals surface area contributed by atoms with Gasteiger partial charge in [-0.1, -0.05) is 54.1 Å². The van der Waals surface area contributed by atoms with Crippen molar-refractivity contribution in [2.24, 2.45) is 0 Å². The quantitative estimate of drug-likeness (QED) is 0.457. The van der Waals surface area contributed by atoms with Gasteiger partial charge in [-0.15, -0.1) is 0 Å². The molecule has 0 heterocycles. The van der Waals surface area contributed by atoms with Gasteiger partial charge in [-0.2, -0.15) is 0 Å². The minimum Gasteiger partial charge on any atom is -0.481 e. The van der Waals surface area contributed by atoms with Crippen molar-refractivity contribution in [2.75, 3.05) is 0 Å². The first kappa shape index (κ1) is 19.9. The van der Waals surface area contributed by atoms with E-state index < -0.39 is 30.4 Å². The van der Waals surface area contributed by atoms with E-state index in [0.717, 1.165) is 11.1 Å². The molecule has 1 unspecified atom stereocenters. The highest BCUT2D eigenvalue weighted by atomic mass is 16.6. The first-order valence-corrected chi connectivity index (χ1v) is 8.21. The third-order valence-corrected chi connectivity index (χ3v) is 3.71. The van der Waals surface area contributed by atoms with Crippen molar-refractivity contribution < 1.29 is 29.0 Å². The fourth-order valence-electron chi connectivity index (χ4n) is 2.21. The number of rotatable bonds is 7. The lowest BCUT2D eigenvalue weighted by atomic mass is 10.1. The molecule has 140 valence electrons.